The van der Waals surface area contributed by atoms with E-state index in [1.165, 1.54) is 20.3 Å². The minimum Gasteiger partial charge on any atom is -0.508 e. The summed E-state index contributed by atoms with van der Waals surface area (Å²) in [5.41, 5.74) is 0.546. The van der Waals surface area contributed by atoms with Crippen LogP contribution in [-0.4, -0.2) is 39.8 Å². The first-order chi connectivity index (χ1) is 11.9. The highest BCUT2D eigenvalue weighted by molar-refractivity contribution is 9.11. The summed E-state index contributed by atoms with van der Waals surface area (Å²) in [7, 11) is 6.13. The van der Waals surface area contributed by atoms with E-state index in [2.05, 4.69) is 31.9 Å². The van der Waals surface area contributed by atoms with Crippen molar-refractivity contribution in [1.82, 2.24) is 0 Å². The maximum absolute atomic E-state index is 10.5. The molecule has 0 aromatic heterocycles. The van der Waals surface area contributed by atoms with Crippen LogP contribution < -0.4 is 18.9 Å². The van der Waals surface area contributed by atoms with E-state index in [0.717, 1.165) is 6.29 Å². The fraction of sp³-hybridized carbons (Fsp3) is 0.235. The van der Waals surface area contributed by atoms with Crippen LogP contribution in [0, 0.1) is 0 Å². The standard InChI is InChI=1S/C9H9BrO3.C8H9BrO3/c1-12-8-4-6(5-11)3-7(10)9(8)13-2;1-11-7-4-5(10)3-6(9)8(7)12-2/h3-5H,1-2H3;3-4,10H,1-2H3. The van der Waals surface area contributed by atoms with E-state index >= 15 is 0 Å². The topological polar surface area (TPSA) is 74.2 Å². The molecule has 2 rings (SSSR count). The van der Waals surface area contributed by atoms with Gasteiger partial charge in [-0.1, -0.05) is 0 Å². The van der Waals surface area contributed by atoms with Crippen LogP contribution in [0.25, 0.3) is 0 Å². The van der Waals surface area contributed by atoms with Gasteiger partial charge in [-0.2, -0.15) is 0 Å². The zero-order valence-electron chi connectivity index (χ0n) is 14.1. The molecule has 2 aromatic carbocycles. The molecule has 0 bridgehead atoms. The summed E-state index contributed by atoms with van der Waals surface area (Å²) in [4.78, 5) is 10.5. The lowest BCUT2D eigenvalue weighted by Crippen LogP contribution is -1.93. The van der Waals surface area contributed by atoms with Gasteiger partial charge in [0.05, 0.1) is 37.4 Å². The molecule has 136 valence electrons. The Morgan fingerprint density at radius 1 is 0.800 bits per heavy atom. The van der Waals surface area contributed by atoms with Gasteiger partial charge in [-0.3, -0.25) is 4.79 Å². The number of halogens is 2. The molecule has 0 saturated carbocycles. The molecule has 0 aliphatic rings. The molecule has 2 aromatic rings. The summed E-state index contributed by atoms with van der Waals surface area (Å²) in [6.07, 6.45) is 0.757. The van der Waals surface area contributed by atoms with E-state index in [-0.39, 0.29) is 5.75 Å². The zero-order chi connectivity index (χ0) is 19.0. The molecule has 0 aliphatic heterocycles. The Kier molecular flexibility index (Phi) is 8.57. The predicted molar refractivity (Wildman–Crippen MR) is 102 cm³/mol. The van der Waals surface area contributed by atoms with Gasteiger partial charge in [-0.05, 0) is 50.1 Å². The maximum Gasteiger partial charge on any atom is 0.175 e. The molecule has 0 atom stereocenters. The molecule has 0 heterocycles. The summed E-state index contributed by atoms with van der Waals surface area (Å²) in [6, 6.07) is 6.33. The van der Waals surface area contributed by atoms with Crippen LogP contribution in [-0.2, 0) is 0 Å². The smallest absolute Gasteiger partial charge is 0.175 e. The number of carbonyl (C=O) groups excluding carboxylic acids is 1. The normalized spacial score (nSPS) is 9.52. The molecule has 6 nitrogen and oxygen atoms in total. The molecule has 0 fully saturated rings. The van der Waals surface area contributed by atoms with Gasteiger partial charge in [0.15, 0.2) is 23.0 Å². The van der Waals surface area contributed by atoms with Gasteiger partial charge in [0.25, 0.3) is 0 Å². The second-order valence-corrected chi connectivity index (χ2v) is 6.23. The summed E-state index contributed by atoms with van der Waals surface area (Å²) in [5.74, 6) is 2.35. The average Bonchev–Trinajstić information content (AvgIpc) is 2.60. The van der Waals surface area contributed by atoms with Crippen LogP contribution in [0.3, 0.4) is 0 Å². The number of hydrogen-bond donors (Lipinski definition) is 1. The van der Waals surface area contributed by atoms with Gasteiger partial charge in [0.1, 0.15) is 12.0 Å². The number of benzene rings is 2. The van der Waals surface area contributed by atoms with Crippen molar-refractivity contribution < 1.29 is 28.8 Å². The average molecular weight is 478 g/mol. The van der Waals surface area contributed by atoms with E-state index in [1.807, 2.05) is 0 Å². The van der Waals surface area contributed by atoms with Crippen molar-refractivity contribution in [3.8, 4) is 28.7 Å². The molecule has 0 radical (unpaired) electrons. The quantitative estimate of drug-likeness (QED) is 0.641. The highest BCUT2D eigenvalue weighted by Crippen LogP contribution is 2.38. The summed E-state index contributed by atoms with van der Waals surface area (Å²) < 4.78 is 21.5. The number of phenols is 1. The molecular weight excluding hydrogens is 460 g/mol. The van der Waals surface area contributed by atoms with Gasteiger partial charge in [0.2, 0.25) is 0 Å². The second kappa shape index (κ2) is 10.1. The van der Waals surface area contributed by atoms with Crippen molar-refractivity contribution in [3.63, 3.8) is 0 Å². The minimum absolute atomic E-state index is 0.138. The van der Waals surface area contributed by atoms with Crippen molar-refractivity contribution in [2.24, 2.45) is 0 Å². The molecule has 25 heavy (non-hydrogen) atoms. The van der Waals surface area contributed by atoms with Gasteiger partial charge in [0, 0.05) is 11.6 Å². The lowest BCUT2D eigenvalue weighted by molar-refractivity contribution is 0.112. The molecule has 0 amide bonds. The van der Waals surface area contributed by atoms with Crippen molar-refractivity contribution in [2.45, 2.75) is 0 Å². The van der Waals surface area contributed by atoms with Crippen molar-refractivity contribution in [3.05, 3.63) is 38.8 Å². The molecule has 0 aliphatic carbocycles. The van der Waals surface area contributed by atoms with Crippen molar-refractivity contribution in [2.75, 3.05) is 28.4 Å². The minimum atomic E-state index is 0.138. The molecular formula is C17H18Br2O6. The number of methoxy groups -OCH3 is 4. The summed E-state index contributed by atoms with van der Waals surface area (Å²) in [5, 5.41) is 9.18. The van der Waals surface area contributed by atoms with Crippen LogP contribution in [0.15, 0.2) is 33.2 Å². The first-order valence-electron chi connectivity index (χ1n) is 6.88. The second-order valence-electron chi connectivity index (χ2n) is 4.52. The zero-order valence-corrected chi connectivity index (χ0v) is 17.3. The first kappa shape index (κ1) is 21.1. The van der Waals surface area contributed by atoms with E-state index in [4.69, 9.17) is 18.9 Å². The van der Waals surface area contributed by atoms with E-state index in [0.29, 0.717) is 37.5 Å². The van der Waals surface area contributed by atoms with Gasteiger partial charge >= 0.3 is 0 Å². The monoisotopic (exact) mass is 476 g/mol. The number of carbonyl (C=O) groups is 1. The number of rotatable bonds is 5. The third-order valence-corrected chi connectivity index (χ3v) is 4.19. The lowest BCUT2D eigenvalue weighted by Gasteiger charge is -2.09. The lowest BCUT2D eigenvalue weighted by atomic mass is 10.2. The SMILES string of the molecule is COc1cc(C=O)cc(Br)c1OC.COc1cc(O)cc(Br)c1OC. The third-order valence-electron chi connectivity index (χ3n) is 3.01. The molecule has 0 spiro atoms. The predicted octanol–water partition coefficient (Wildman–Crippen LogP) is 4.45. The summed E-state index contributed by atoms with van der Waals surface area (Å²) in [6.45, 7) is 0. The highest BCUT2D eigenvalue weighted by atomic mass is 79.9. The molecule has 0 unspecified atom stereocenters. The molecule has 0 saturated heterocycles. The Balaban J connectivity index is 0.000000251. The highest BCUT2D eigenvalue weighted by Gasteiger charge is 2.10. The number of aromatic hydroxyl groups is 1. The van der Waals surface area contributed by atoms with Crippen LogP contribution >= 0.6 is 31.9 Å². The number of hydrogen-bond acceptors (Lipinski definition) is 6. The fourth-order valence-corrected chi connectivity index (χ4v) is 3.12. The van der Waals surface area contributed by atoms with Crippen molar-refractivity contribution in [1.29, 1.82) is 0 Å². The van der Waals surface area contributed by atoms with Crippen LogP contribution in [0.5, 0.6) is 28.7 Å². The van der Waals surface area contributed by atoms with Crippen LogP contribution in [0.2, 0.25) is 0 Å². The number of phenolic OH excluding ortho intramolecular Hbond substituents is 1. The molecule has 1 N–H and O–H groups in total. The van der Waals surface area contributed by atoms with Crippen LogP contribution in [0.4, 0.5) is 0 Å². The van der Waals surface area contributed by atoms with E-state index in [9.17, 15) is 9.90 Å². The Morgan fingerprint density at radius 2 is 1.28 bits per heavy atom. The third kappa shape index (κ3) is 5.54. The number of ether oxygens (including phenoxy) is 4. The van der Waals surface area contributed by atoms with E-state index < -0.39 is 0 Å². The Morgan fingerprint density at radius 3 is 1.72 bits per heavy atom. The Labute approximate surface area is 162 Å². The maximum atomic E-state index is 10.5. The van der Waals surface area contributed by atoms with Gasteiger partial charge in [-0.15, -0.1) is 0 Å². The Bertz CT molecular complexity index is 734. The van der Waals surface area contributed by atoms with Gasteiger partial charge < -0.3 is 24.1 Å². The largest absolute Gasteiger partial charge is 0.508 e. The Hall–Kier alpha value is -1.93. The van der Waals surface area contributed by atoms with Gasteiger partial charge in [-0.25, -0.2) is 0 Å². The summed E-state index contributed by atoms with van der Waals surface area (Å²) >= 11 is 6.51. The molecule has 8 heteroatoms. The van der Waals surface area contributed by atoms with Crippen molar-refractivity contribution >= 4 is 38.1 Å². The van der Waals surface area contributed by atoms with E-state index in [1.54, 1.807) is 32.4 Å². The van der Waals surface area contributed by atoms with Crippen LogP contribution in [0.1, 0.15) is 10.4 Å². The first-order valence-corrected chi connectivity index (χ1v) is 8.47. The fourth-order valence-electron chi connectivity index (χ4n) is 1.91. The number of aldehydes is 1.